The number of hydrogen-bond donors (Lipinski definition) is 2. The van der Waals surface area contributed by atoms with Crippen molar-refractivity contribution in [3.8, 4) is 5.88 Å². The zero-order chi connectivity index (χ0) is 17.5. The molecule has 1 fully saturated rings. The van der Waals surface area contributed by atoms with Crippen molar-refractivity contribution in [2.75, 3.05) is 14.2 Å². The van der Waals surface area contributed by atoms with Crippen LogP contribution in [0.15, 0.2) is 29.8 Å². The highest BCUT2D eigenvalue weighted by Gasteiger charge is 2.49. The van der Waals surface area contributed by atoms with Crippen LogP contribution >= 0.6 is 11.3 Å². The van der Waals surface area contributed by atoms with Gasteiger partial charge in [0.15, 0.2) is 5.96 Å². The predicted molar refractivity (Wildman–Crippen MR) is 97.0 cm³/mol. The Bertz CT molecular complexity index is 792. The first-order valence-corrected chi connectivity index (χ1v) is 8.44. The standard InChI is InChI=1S/C16H19BN4O2S/c1-16(11-6-10(17)8-24-11)13(14(22)21(2)15(18)20-16)9-4-5-12(23-3)19-7-9/h4-8,13H,17H2,1-3H3,(H2,18,20)/t13-,16-/m1/s1. The molecule has 3 heterocycles. The van der Waals surface area contributed by atoms with Crippen LogP contribution < -0.4 is 15.5 Å². The van der Waals surface area contributed by atoms with Gasteiger partial charge in [-0.05, 0) is 17.9 Å². The molecule has 2 N–H and O–H groups in total. The minimum Gasteiger partial charge on any atom is -0.481 e. The summed E-state index contributed by atoms with van der Waals surface area (Å²) in [5.74, 6) is 0.00309. The minimum atomic E-state index is -0.699. The Hall–Kier alpha value is -2.35. The number of carbonyl (C=O) groups excluding carboxylic acids is 1. The second-order valence-electron chi connectivity index (χ2n) is 6.13. The fourth-order valence-corrected chi connectivity index (χ4v) is 4.07. The van der Waals surface area contributed by atoms with Crippen LogP contribution in [0.1, 0.15) is 23.3 Å². The van der Waals surface area contributed by atoms with Gasteiger partial charge in [-0.2, -0.15) is 0 Å². The number of aromatic nitrogens is 1. The van der Waals surface area contributed by atoms with Gasteiger partial charge in [0.05, 0.1) is 18.6 Å². The third kappa shape index (κ3) is 2.56. The van der Waals surface area contributed by atoms with Crippen LogP contribution in [-0.4, -0.2) is 43.8 Å². The van der Waals surface area contributed by atoms with Gasteiger partial charge in [0, 0.05) is 24.2 Å². The van der Waals surface area contributed by atoms with Gasteiger partial charge in [-0.3, -0.25) is 15.1 Å². The monoisotopic (exact) mass is 342 g/mol. The molecule has 2 atom stereocenters. The zero-order valence-corrected chi connectivity index (χ0v) is 14.9. The highest BCUT2D eigenvalue weighted by molar-refractivity contribution is 7.11. The zero-order valence-electron chi connectivity index (χ0n) is 14.1. The fourth-order valence-electron chi connectivity index (χ4n) is 3.02. The van der Waals surface area contributed by atoms with Crippen LogP contribution in [-0.2, 0) is 10.3 Å². The van der Waals surface area contributed by atoms with Crippen molar-refractivity contribution in [2.45, 2.75) is 18.4 Å². The van der Waals surface area contributed by atoms with Crippen LogP contribution in [0, 0.1) is 5.41 Å². The molecule has 0 saturated carbocycles. The second kappa shape index (κ2) is 5.94. The number of thiophene rings is 1. The summed E-state index contributed by atoms with van der Waals surface area (Å²) in [6.07, 6.45) is 1.67. The maximum atomic E-state index is 13.0. The molecular formula is C16H19BN4O2S. The molecule has 0 spiro atoms. The molecule has 0 bridgehead atoms. The molecule has 3 rings (SSSR count). The highest BCUT2D eigenvalue weighted by atomic mass is 32.1. The first-order valence-electron chi connectivity index (χ1n) is 7.56. The molecule has 8 heteroatoms. The summed E-state index contributed by atoms with van der Waals surface area (Å²) in [4.78, 5) is 19.6. The van der Waals surface area contributed by atoms with Gasteiger partial charge in [-0.15, -0.1) is 11.3 Å². The van der Waals surface area contributed by atoms with E-state index in [9.17, 15) is 4.79 Å². The van der Waals surface area contributed by atoms with Gasteiger partial charge < -0.3 is 10.1 Å². The number of nitrogens with zero attached hydrogens (tertiary/aromatic N) is 2. The SMILES string of the molecule is Bc1csc([C@@]2(C)NC(=N)N(C)C(=O)[C@H]2c2ccc(OC)nc2)c1. The van der Waals surface area contributed by atoms with E-state index in [0.29, 0.717) is 5.88 Å². The minimum absolute atomic E-state index is 0.103. The molecule has 2 aromatic heterocycles. The molecule has 2 aromatic rings. The molecule has 124 valence electrons. The summed E-state index contributed by atoms with van der Waals surface area (Å²) in [7, 11) is 5.19. The Morgan fingerprint density at radius 3 is 2.79 bits per heavy atom. The predicted octanol–water partition coefficient (Wildman–Crippen LogP) is 0.405. The molecule has 24 heavy (non-hydrogen) atoms. The van der Waals surface area contributed by atoms with E-state index in [1.165, 1.54) is 4.90 Å². The molecule has 0 aliphatic carbocycles. The molecule has 6 nitrogen and oxygen atoms in total. The Balaban J connectivity index is 2.12. The lowest BCUT2D eigenvalue weighted by Gasteiger charge is -2.45. The quantitative estimate of drug-likeness (QED) is 0.792. The topological polar surface area (TPSA) is 78.3 Å². The summed E-state index contributed by atoms with van der Waals surface area (Å²) in [6.45, 7) is 1.96. The Kier molecular flexibility index (Phi) is 4.09. The van der Waals surface area contributed by atoms with Crippen molar-refractivity contribution in [3.05, 3.63) is 40.2 Å². The summed E-state index contributed by atoms with van der Waals surface area (Å²) in [5.41, 5.74) is 1.24. The lowest BCUT2D eigenvalue weighted by molar-refractivity contribution is -0.131. The lowest BCUT2D eigenvalue weighted by Crippen LogP contribution is -2.62. The second-order valence-corrected chi connectivity index (χ2v) is 7.04. The van der Waals surface area contributed by atoms with Crippen molar-refractivity contribution in [1.29, 1.82) is 5.41 Å². The number of ether oxygens (including phenoxy) is 1. The van der Waals surface area contributed by atoms with Crippen LogP contribution in [0.3, 0.4) is 0 Å². The first-order chi connectivity index (χ1) is 11.4. The van der Waals surface area contributed by atoms with E-state index in [4.69, 9.17) is 10.1 Å². The maximum Gasteiger partial charge on any atom is 0.239 e. The summed E-state index contributed by atoms with van der Waals surface area (Å²) >= 11 is 1.59. The fraction of sp³-hybridized carbons (Fsp3) is 0.312. The lowest BCUT2D eigenvalue weighted by atomic mass is 9.77. The largest absolute Gasteiger partial charge is 0.481 e. The molecule has 1 saturated heterocycles. The van der Waals surface area contributed by atoms with Gasteiger partial charge in [-0.25, -0.2) is 4.98 Å². The highest BCUT2D eigenvalue weighted by Crippen LogP contribution is 2.42. The van der Waals surface area contributed by atoms with E-state index in [2.05, 4.69) is 21.7 Å². The van der Waals surface area contributed by atoms with Crippen LogP contribution in [0.5, 0.6) is 5.88 Å². The van der Waals surface area contributed by atoms with E-state index in [1.54, 1.807) is 37.8 Å². The van der Waals surface area contributed by atoms with Gasteiger partial charge in [0.2, 0.25) is 11.8 Å². The number of methoxy groups -OCH3 is 1. The summed E-state index contributed by atoms with van der Waals surface area (Å²) in [6, 6.07) is 5.67. The maximum absolute atomic E-state index is 13.0. The third-order valence-corrected chi connectivity index (χ3v) is 5.70. The molecule has 1 aliphatic heterocycles. The van der Waals surface area contributed by atoms with Gasteiger partial charge in [0.25, 0.3) is 0 Å². The van der Waals surface area contributed by atoms with Gasteiger partial charge in [-0.1, -0.05) is 17.6 Å². The normalized spacial score (nSPS) is 24.0. The van der Waals surface area contributed by atoms with Crippen molar-refractivity contribution < 1.29 is 9.53 Å². The number of amides is 1. The molecule has 0 aromatic carbocycles. The number of likely N-dealkylation sites (N-methyl/N-ethyl adjacent to an activating group) is 1. The number of hydrogen-bond acceptors (Lipinski definition) is 5. The average Bonchev–Trinajstić information content (AvgIpc) is 3.01. The molecule has 0 unspecified atom stereocenters. The van der Waals surface area contributed by atoms with Crippen LogP contribution in [0.25, 0.3) is 0 Å². The van der Waals surface area contributed by atoms with E-state index in [1.807, 2.05) is 20.8 Å². The smallest absolute Gasteiger partial charge is 0.239 e. The van der Waals surface area contributed by atoms with Crippen molar-refractivity contribution in [1.82, 2.24) is 15.2 Å². The number of guanidine groups is 1. The Morgan fingerprint density at radius 2 is 2.25 bits per heavy atom. The average molecular weight is 342 g/mol. The first kappa shape index (κ1) is 16.5. The summed E-state index contributed by atoms with van der Waals surface area (Å²) < 4.78 is 5.11. The van der Waals surface area contributed by atoms with E-state index in [0.717, 1.165) is 15.9 Å². The Labute approximate surface area is 145 Å². The van der Waals surface area contributed by atoms with Gasteiger partial charge in [0.1, 0.15) is 7.85 Å². The van der Waals surface area contributed by atoms with E-state index < -0.39 is 11.5 Å². The van der Waals surface area contributed by atoms with Gasteiger partial charge >= 0.3 is 0 Å². The van der Waals surface area contributed by atoms with E-state index >= 15 is 0 Å². The van der Waals surface area contributed by atoms with Crippen LogP contribution in [0.4, 0.5) is 0 Å². The van der Waals surface area contributed by atoms with Crippen LogP contribution in [0.2, 0.25) is 0 Å². The number of carbonyl (C=O) groups is 1. The number of nitrogens with one attached hydrogen (secondary N) is 2. The molecule has 0 radical (unpaired) electrons. The summed E-state index contributed by atoms with van der Waals surface area (Å²) in [5, 5.41) is 13.4. The molecule has 1 aliphatic rings. The Morgan fingerprint density at radius 1 is 1.50 bits per heavy atom. The number of rotatable bonds is 3. The third-order valence-electron chi connectivity index (χ3n) is 4.41. The van der Waals surface area contributed by atoms with E-state index in [-0.39, 0.29) is 11.9 Å². The van der Waals surface area contributed by atoms with Crippen molar-refractivity contribution in [2.24, 2.45) is 0 Å². The molecular weight excluding hydrogens is 323 g/mol. The van der Waals surface area contributed by atoms with Crippen molar-refractivity contribution in [3.63, 3.8) is 0 Å². The number of pyridine rings is 1. The van der Waals surface area contributed by atoms with Crippen molar-refractivity contribution >= 4 is 36.5 Å². The molecule has 1 amide bonds.